The molecule has 7 heteroatoms. The van der Waals surface area contributed by atoms with Gasteiger partial charge in [0.25, 0.3) is 5.91 Å². The molecule has 0 aromatic heterocycles. The van der Waals surface area contributed by atoms with Crippen LogP contribution in [0.5, 0.6) is 5.75 Å². The van der Waals surface area contributed by atoms with Gasteiger partial charge < -0.3 is 19.3 Å². The van der Waals surface area contributed by atoms with E-state index in [2.05, 4.69) is 4.90 Å². The average Bonchev–Trinajstić information content (AvgIpc) is 2.70. The smallest absolute Gasteiger partial charge is 0.263 e. The molecule has 2 fully saturated rings. The van der Waals surface area contributed by atoms with E-state index in [0.717, 1.165) is 18.7 Å². The number of piperazine rings is 1. The molecule has 1 aromatic carbocycles. The van der Waals surface area contributed by atoms with Crippen LogP contribution in [-0.4, -0.2) is 91.6 Å². The number of aryl methyl sites for hydroxylation is 1. The highest BCUT2D eigenvalue weighted by molar-refractivity contribution is 5.82. The molecule has 7 nitrogen and oxygen atoms in total. The highest BCUT2D eigenvalue weighted by Crippen LogP contribution is 2.15. The number of hydrogen-bond donors (Lipinski definition) is 0. The molecule has 1 aromatic rings. The van der Waals surface area contributed by atoms with Gasteiger partial charge in [-0.25, -0.2) is 0 Å². The summed E-state index contributed by atoms with van der Waals surface area (Å²) in [4.78, 5) is 30.9. The Morgan fingerprint density at radius 2 is 1.59 bits per heavy atom. The summed E-state index contributed by atoms with van der Waals surface area (Å²) in [7, 11) is 0. The van der Waals surface area contributed by atoms with Crippen LogP contribution < -0.4 is 4.74 Å². The third-order valence-electron chi connectivity index (χ3n) is 5.09. The lowest BCUT2D eigenvalue weighted by Crippen LogP contribution is -2.55. The highest BCUT2D eigenvalue weighted by Gasteiger charge is 2.28. The van der Waals surface area contributed by atoms with Crippen molar-refractivity contribution in [3.05, 3.63) is 29.8 Å². The quantitative estimate of drug-likeness (QED) is 0.761. The van der Waals surface area contributed by atoms with Crippen molar-refractivity contribution in [1.82, 2.24) is 14.7 Å². The van der Waals surface area contributed by atoms with E-state index in [-0.39, 0.29) is 11.8 Å². The number of ether oxygens (including phenoxy) is 2. The fourth-order valence-corrected chi connectivity index (χ4v) is 3.36. The molecular weight excluding hydrogens is 346 g/mol. The molecule has 0 bridgehead atoms. The second-order valence-electron chi connectivity index (χ2n) is 7.17. The fourth-order valence-electron chi connectivity index (χ4n) is 3.36. The maximum absolute atomic E-state index is 12.6. The van der Waals surface area contributed by atoms with Crippen molar-refractivity contribution >= 4 is 11.8 Å². The maximum Gasteiger partial charge on any atom is 0.263 e. The van der Waals surface area contributed by atoms with E-state index in [1.807, 2.05) is 36.1 Å². The molecule has 0 aliphatic carbocycles. The standard InChI is InChI=1S/C20H29N3O4/c1-16-3-5-18(6-4-16)27-17(2)20(25)23-9-7-22(8-10-23)19(24)15-21-11-13-26-14-12-21/h3-6,17H,7-15H2,1-2H3. The summed E-state index contributed by atoms with van der Waals surface area (Å²) in [5.74, 6) is 0.796. The van der Waals surface area contributed by atoms with Crippen molar-refractivity contribution in [1.29, 1.82) is 0 Å². The molecule has 2 saturated heterocycles. The second kappa shape index (κ2) is 9.19. The molecule has 2 amide bonds. The van der Waals surface area contributed by atoms with Gasteiger partial charge in [-0.15, -0.1) is 0 Å². The van der Waals surface area contributed by atoms with Crippen LogP contribution in [0.4, 0.5) is 0 Å². The van der Waals surface area contributed by atoms with Crippen LogP contribution in [0.15, 0.2) is 24.3 Å². The number of benzene rings is 1. The topological polar surface area (TPSA) is 62.3 Å². The molecule has 0 radical (unpaired) electrons. The minimum absolute atomic E-state index is 0.0316. The van der Waals surface area contributed by atoms with E-state index in [4.69, 9.17) is 9.47 Å². The number of carbonyl (C=O) groups excluding carboxylic acids is 2. The number of morpholine rings is 1. The summed E-state index contributed by atoms with van der Waals surface area (Å²) < 4.78 is 11.1. The van der Waals surface area contributed by atoms with E-state index in [9.17, 15) is 9.59 Å². The van der Waals surface area contributed by atoms with Gasteiger partial charge in [0.2, 0.25) is 5.91 Å². The van der Waals surface area contributed by atoms with Crippen molar-refractivity contribution in [3.63, 3.8) is 0 Å². The summed E-state index contributed by atoms with van der Waals surface area (Å²) in [6, 6.07) is 7.68. The maximum atomic E-state index is 12.6. The molecule has 0 N–H and O–H groups in total. The van der Waals surface area contributed by atoms with Crippen molar-refractivity contribution in [2.75, 3.05) is 59.0 Å². The first-order valence-corrected chi connectivity index (χ1v) is 9.63. The van der Waals surface area contributed by atoms with Crippen molar-refractivity contribution in [2.24, 2.45) is 0 Å². The second-order valence-corrected chi connectivity index (χ2v) is 7.17. The van der Waals surface area contributed by atoms with Crippen LogP contribution in [0.25, 0.3) is 0 Å². The fraction of sp³-hybridized carbons (Fsp3) is 0.600. The van der Waals surface area contributed by atoms with Crippen LogP contribution in [0.3, 0.4) is 0 Å². The Morgan fingerprint density at radius 3 is 2.22 bits per heavy atom. The van der Waals surface area contributed by atoms with E-state index in [1.165, 1.54) is 0 Å². The molecule has 2 aliphatic rings. The third-order valence-corrected chi connectivity index (χ3v) is 5.09. The Labute approximate surface area is 160 Å². The molecule has 148 valence electrons. The molecule has 0 saturated carbocycles. The zero-order chi connectivity index (χ0) is 19.2. The SMILES string of the molecule is Cc1ccc(OC(C)C(=O)N2CCN(C(=O)CN3CCOCC3)CC2)cc1. The Kier molecular flexibility index (Phi) is 6.68. The van der Waals surface area contributed by atoms with E-state index >= 15 is 0 Å². The van der Waals surface area contributed by atoms with Gasteiger partial charge in [0.15, 0.2) is 6.10 Å². The molecule has 1 atom stereocenters. The molecule has 1 unspecified atom stereocenters. The molecule has 0 spiro atoms. The number of rotatable bonds is 5. The van der Waals surface area contributed by atoms with Crippen LogP contribution in [0, 0.1) is 6.92 Å². The van der Waals surface area contributed by atoms with Gasteiger partial charge in [0.1, 0.15) is 5.75 Å². The number of nitrogens with zero attached hydrogens (tertiary/aromatic N) is 3. The largest absolute Gasteiger partial charge is 0.481 e. The van der Waals surface area contributed by atoms with Crippen LogP contribution in [-0.2, 0) is 14.3 Å². The van der Waals surface area contributed by atoms with E-state index in [1.54, 1.807) is 11.8 Å². The van der Waals surface area contributed by atoms with Gasteiger partial charge in [-0.2, -0.15) is 0 Å². The number of hydrogen-bond acceptors (Lipinski definition) is 5. The summed E-state index contributed by atoms with van der Waals surface area (Å²) in [6.45, 7) is 9.46. The van der Waals surface area contributed by atoms with Gasteiger partial charge >= 0.3 is 0 Å². The number of amides is 2. The van der Waals surface area contributed by atoms with E-state index < -0.39 is 6.10 Å². The van der Waals surface area contributed by atoms with Gasteiger partial charge in [-0.3, -0.25) is 14.5 Å². The van der Waals surface area contributed by atoms with Crippen LogP contribution in [0.1, 0.15) is 12.5 Å². The Bertz CT molecular complexity index is 635. The molecule has 27 heavy (non-hydrogen) atoms. The summed E-state index contributed by atoms with van der Waals surface area (Å²) in [5.41, 5.74) is 1.15. The lowest BCUT2D eigenvalue weighted by atomic mass is 10.2. The first kappa shape index (κ1) is 19.6. The lowest BCUT2D eigenvalue weighted by molar-refractivity contribution is -0.144. The first-order valence-electron chi connectivity index (χ1n) is 9.63. The summed E-state index contributed by atoms with van der Waals surface area (Å²) in [5, 5.41) is 0. The first-order chi connectivity index (χ1) is 13.0. The van der Waals surface area contributed by atoms with Crippen molar-refractivity contribution in [3.8, 4) is 5.75 Å². The Morgan fingerprint density at radius 1 is 1.00 bits per heavy atom. The third kappa shape index (κ3) is 5.43. The zero-order valence-electron chi connectivity index (χ0n) is 16.2. The van der Waals surface area contributed by atoms with Crippen molar-refractivity contribution in [2.45, 2.75) is 20.0 Å². The molecule has 3 rings (SSSR count). The molecule has 2 heterocycles. The Hall–Kier alpha value is -2.12. The predicted molar refractivity (Wildman–Crippen MR) is 102 cm³/mol. The lowest BCUT2D eigenvalue weighted by Gasteiger charge is -2.37. The summed E-state index contributed by atoms with van der Waals surface area (Å²) in [6.07, 6.45) is -0.539. The summed E-state index contributed by atoms with van der Waals surface area (Å²) >= 11 is 0. The van der Waals surface area contributed by atoms with E-state index in [0.29, 0.717) is 51.7 Å². The minimum Gasteiger partial charge on any atom is -0.481 e. The number of carbonyl (C=O) groups is 2. The molecular formula is C20H29N3O4. The molecule has 2 aliphatic heterocycles. The monoisotopic (exact) mass is 375 g/mol. The van der Waals surface area contributed by atoms with Crippen LogP contribution >= 0.6 is 0 Å². The van der Waals surface area contributed by atoms with Gasteiger partial charge in [0.05, 0.1) is 19.8 Å². The van der Waals surface area contributed by atoms with Gasteiger partial charge in [0, 0.05) is 39.3 Å². The average molecular weight is 375 g/mol. The van der Waals surface area contributed by atoms with Crippen molar-refractivity contribution < 1.29 is 19.1 Å². The highest BCUT2D eigenvalue weighted by atomic mass is 16.5. The minimum atomic E-state index is -0.539. The Balaban J connectivity index is 1.44. The van der Waals surface area contributed by atoms with Crippen LogP contribution in [0.2, 0.25) is 0 Å². The normalized spacial score (nSPS) is 19.6. The zero-order valence-corrected chi connectivity index (χ0v) is 16.2. The van der Waals surface area contributed by atoms with Gasteiger partial charge in [-0.1, -0.05) is 17.7 Å². The van der Waals surface area contributed by atoms with Gasteiger partial charge in [-0.05, 0) is 26.0 Å². The predicted octanol–water partition coefficient (Wildman–Crippen LogP) is 0.765.